The van der Waals surface area contributed by atoms with Crippen LogP contribution in [0.4, 0.5) is 5.82 Å². The van der Waals surface area contributed by atoms with E-state index in [2.05, 4.69) is 32.2 Å². The summed E-state index contributed by atoms with van der Waals surface area (Å²) in [5.74, 6) is 6.09. The number of hydrogen-bond donors (Lipinski definition) is 2. The molecule has 0 bridgehead atoms. The zero-order valence-electron chi connectivity index (χ0n) is 21.5. The molecule has 3 N–H and O–H groups in total. The molecule has 0 aliphatic rings. The van der Waals surface area contributed by atoms with Crippen molar-refractivity contribution in [2.75, 3.05) is 5.73 Å². The Morgan fingerprint density at radius 1 is 1.10 bits per heavy atom. The Morgan fingerprint density at radius 3 is 2.70 bits per heavy atom. The first kappa shape index (κ1) is 25.0. The average Bonchev–Trinajstić information content (AvgIpc) is 3.53. The summed E-state index contributed by atoms with van der Waals surface area (Å²) in [7, 11) is 0. The Hall–Kier alpha value is -5.27. The van der Waals surface area contributed by atoms with Gasteiger partial charge in [-0.2, -0.15) is 0 Å². The fourth-order valence-electron chi connectivity index (χ4n) is 4.55. The molecule has 1 atom stereocenters. The maximum atomic E-state index is 14.1. The van der Waals surface area contributed by atoms with Gasteiger partial charge < -0.3 is 15.5 Å². The predicted molar refractivity (Wildman–Crippen MR) is 154 cm³/mol. The molecule has 10 heteroatoms. The van der Waals surface area contributed by atoms with Crippen LogP contribution in [0.1, 0.15) is 44.5 Å². The minimum Gasteiger partial charge on any atom is -0.458 e. The van der Waals surface area contributed by atoms with Crippen LogP contribution in [0.15, 0.2) is 82.4 Å². The van der Waals surface area contributed by atoms with Gasteiger partial charge in [0.25, 0.3) is 5.91 Å². The number of nitrogen functional groups attached to an aromatic ring is 1. The van der Waals surface area contributed by atoms with Crippen molar-refractivity contribution in [2.24, 2.45) is 0 Å². The van der Waals surface area contributed by atoms with Gasteiger partial charge in [0, 0.05) is 18.0 Å². The number of anilines is 1. The molecule has 0 saturated carbocycles. The second-order valence-corrected chi connectivity index (χ2v) is 10.3. The van der Waals surface area contributed by atoms with Crippen molar-refractivity contribution in [3.63, 3.8) is 0 Å². The van der Waals surface area contributed by atoms with Crippen LogP contribution in [-0.4, -0.2) is 25.5 Å². The fraction of sp³-hybridized carbons (Fsp3) is 0.100. The van der Waals surface area contributed by atoms with E-state index in [1.54, 1.807) is 49.8 Å². The summed E-state index contributed by atoms with van der Waals surface area (Å²) in [6.45, 7) is 3.66. The van der Waals surface area contributed by atoms with Crippen LogP contribution in [0.25, 0.3) is 27.7 Å². The summed E-state index contributed by atoms with van der Waals surface area (Å²) in [6, 6.07) is 15.5. The lowest BCUT2D eigenvalue weighted by molar-refractivity contribution is 0.0938. The number of nitrogens with one attached hydrogen (secondary N) is 1. The Labute approximate surface area is 232 Å². The SMILES string of the molecule is Cc1ncc(C#Cc2cccc3oc(C(C)NC(=O)c4c(N)nn5cccnc45)c(-c4ccccc4)c(=O)c23)s1. The largest absolute Gasteiger partial charge is 0.458 e. The number of aromatic nitrogens is 4. The summed E-state index contributed by atoms with van der Waals surface area (Å²) in [5.41, 5.74) is 8.19. The molecule has 0 aliphatic heterocycles. The number of carbonyl (C=O) groups is 1. The molecule has 4 aromatic heterocycles. The van der Waals surface area contributed by atoms with Crippen LogP contribution in [0.3, 0.4) is 0 Å². The predicted octanol–water partition coefficient (Wildman–Crippen LogP) is 4.74. The normalized spacial score (nSPS) is 11.8. The molecule has 4 heterocycles. The molecule has 0 saturated heterocycles. The van der Waals surface area contributed by atoms with Gasteiger partial charge in [0.15, 0.2) is 11.5 Å². The molecule has 0 fully saturated rings. The Balaban J connectivity index is 1.48. The van der Waals surface area contributed by atoms with E-state index in [0.717, 1.165) is 9.88 Å². The lowest BCUT2D eigenvalue weighted by atomic mass is 9.97. The van der Waals surface area contributed by atoms with E-state index in [9.17, 15) is 9.59 Å². The highest BCUT2D eigenvalue weighted by molar-refractivity contribution is 7.12. The number of nitrogens with two attached hydrogens (primary N) is 1. The van der Waals surface area contributed by atoms with Gasteiger partial charge in [0.1, 0.15) is 16.9 Å². The van der Waals surface area contributed by atoms with Gasteiger partial charge in [-0.25, -0.2) is 14.5 Å². The molecule has 196 valence electrons. The first-order chi connectivity index (χ1) is 19.4. The second-order valence-electron chi connectivity index (χ2n) is 9.05. The van der Waals surface area contributed by atoms with Gasteiger partial charge in [0.2, 0.25) is 5.43 Å². The minimum absolute atomic E-state index is 0.0472. The molecule has 6 rings (SSSR count). The zero-order chi connectivity index (χ0) is 27.8. The first-order valence-corrected chi connectivity index (χ1v) is 13.2. The molecule has 0 radical (unpaired) electrons. The molecule has 9 nitrogen and oxygen atoms in total. The highest BCUT2D eigenvalue weighted by Crippen LogP contribution is 2.30. The molecule has 1 unspecified atom stereocenters. The van der Waals surface area contributed by atoms with E-state index in [4.69, 9.17) is 10.2 Å². The van der Waals surface area contributed by atoms with Crippen LogP contribution in [0.5, 0.6) is 0 Å². The Bertz CT molecular complexity index is 2030. The van der Waals surface area contributed by atoms with Crippen LogP contribution in [0.2, 0.25) is 0 Å². The average molecular weight is 547 g/mol. The first-order valence-electron chi connectivity index (χ1n) is 12.4. The van der Waals surface area contributed by atoms with Crippen LogP contribution >= 0.6 is 11.3 Å². The molecule has 1 amide bonds. The minimum atomic E-state index is -0.701. The summed E-state index contributed by atoms with van der Waals surface area (Å²) in [4.78, 5) is 36.8. The van der Waals surface area contributed by atoms with Gasteiger partial charge >= 0.3 is 0 Å². The van der Waals surface area contributed by atoms with Crippen LogP contribution < -0.4 is 16.5 Å². The van der Waals surface area contributed by atoms with Gasteiger partial charge in [-0.3, -0.25) is 9.59 Å². The highest BCUT2D eigenvalue weighted by atomic mass is 32.1. The third-order valence-corrected chi connectivity index (χ3v) is 7.17. The van der Waals surface area contributed by atoms with E-state index in [-0.39, 0.29) is 16.8 Å². The Kier molecular flexibility index (Phi) is 6.34. The number of hydrogen-bond acceptors (Lipinski definition) is 8. The number of carbonyl (C=O) groups excluding carboxylic acids is 1. The maximum absolute atomic E-state index is 14.1. The topological polar surface area (TPSA) is 128 Å². The lowest BCUT2D eigenvalue weighted by Gasteiger charge is -2.18. The summed E-state index contributed by atoms with van der Waals surface area (Å²) >= 11 is 1.48. The third kappa shape index (κ3) is 4.48. The number of aryl methyl sites for hydroxylation is 1. The lowest BCUT2D eigenvalue weighted by Crippen LogP contribution is -2.28. The molecule has 2 aromatic carbocycles. The number of nitrogens with zero attached hydrogens (tertiary/aromatic N) is 4. The van der Waals surface area contributed by atoms with Crippen LogP contribution in [-0.2, 0) is 0 Å². The smallest absolute Gasteiger partial charge is 0.259 e. The van der Waals surface area contributed by atoms with Crippen molar-refractivity contribution in [2.45, 2.75) is 19.9 Å². The zero-order valence-corrected chi connectivity index (χ0v) is 22.3. The standard InChI is InChI=1S/C30H22N6O3S/c1-17(34-30(38)25-28(31)35-36-15-7-14-32-29(25)36)27-24(19-8-4-3-5-9-19)26(37)23-20(10-6-11-22(23)39-27)12-13-21-16-33-18(2)40-21/h3-11,14-17H,1-2H3,(H2,31,35)(H,34,38). The van der Waals surface area contributed by atoms with Crippen molar-refractivity contribution in [1.29, 1.82) is 0 Å². The van der Waals surface area contributed by atoms with Crippen molar-refractivity contribution in [3.05, 3.63) is 110 Å². The second kappa shape index (κ2) is 10.1. The van der Waals surface area contributed by atoms with Crippen molar-refractivity contribution < 1.29 is 9.21 Å². The quantitative estimate of drug-likeness (QED) is 0.306. The van der Waals surface area contributed by atoms with E-state index < -0.39 is 11.9 Å². The molecule has 0 spiro atoms. The number of rotatable bonds is 4. The summed E-state index contributed by atoms with van der Waals surface area (Å²) in [6.07, 6.45) is 4.93. The maximum Gasteiger partial charge on any atom is 0.259 e. The van der Waals surface area contributed by atoms with Gasteiger partial charge in [-0.1, -0.05) is 42.3 Å². The monoisotopic (exact) mass is 546 g/mol. The molecular weight excluding hydrogens is 524 g/mol. The third-order valence-electron chi connectivity index (χ3n) is 6.34. The number of thiazole rings is 1. The van der Waals surface area contributed by atoms with Gasteiger partial charge in [0.05, 0.1) is 33.1 Å². The van der Waals surface area contributed by atoms with Gasteiger partial charge in [-0.15, -0.1) is 16.4 Å². The number of amides is 1. The van der Waals surface area contributed by atoms with Gasteiger partial charge in [-0.05, 0) is 43.5 Å². The van der Waals surface area contributed by atoms with Crippen molar-refractivity contribution in [3.8, 4) is 23.0 Å². The van der Waals surface area contributed by atoms with E-state index in [0.29, 0.717) is 39.1 Å². The molecule has 40 heavy (non-hydrogen) atoms. The number of benzene rings is 2. The van der Waals surface area contributed by atoms with Crippen molar-refractivity contribution >= 4 is 39.7 Å². The summed E-state index contributed by atoms with van der Waals surface area (Å²) < 4.78 is 7.80. The summed E-state index contributed by atoms with van der Waals surface area (Å²) in [5, 5.41) is 8.37. The molecular formula is C30H22N6O3S. The fourth-order valence-corrected chi connectivity index (χ4v) is 5.18. The highest BCUT2D eigenvalue weighted by Gasteiger charge is 2.26. The Morgan fingerprint density at radius 2 is 1.93 bits per heavy atom. The van der Waals surface area contributed by atoms with Crippen molar-refractivity contribution in [1.82, 2.24) is 24.9 Å². The molecule has 0 aliphatic carbocycles. The van der Waals surface area contributed by atoms with E-state index in [1.807, 2.05) is 37.3 Å². The van der Waals surface area contributed by atoms with Crippen LogP contribution in [0, 0.1) is 18.8 Å². The molecule has 6 aromatic rings. The van der Waals surface area contributed by atoms with E-state index >= 15 is 0 Å². The number of fused-ring (bicyclic) bond motifs is 2. The van der Waals surface area contributed by atoms with E-state index in [1.165, 1.54) is 15.9 Å².